The molecule has 0 fully saturated rings. The van der Waals surface area contributed by atoms with E-state index in [-0.39, 0.29) is 18.1 Å². The van der Waals surface area contributed by atoms with Gasteiger partial charge in [-0.05, 0) is 36.1 Å². The summed E-state index contributed by atoms with van der Waals surface area (Å²) >= 11 is 1.46. The Kier molecular flexibility index (Phi) is 4.11. The number of aromatic nitrogens is 2. The van der Waals surface area contributed by atoms with E-state index >= 15 is 0 Å². The molecule has 2 heterocycles. The van der Waals surface area contributed by atoms with Crippen LogP contribution in [-0.4, -0.2) is 21.6 Å². The molecule has 0 radical (unpaired) electrons. The molecular weight excluding hydrogens is 303 g/mol. The Hall–Kier alpha value is -2.34. The zero-order chi connectivity index (χ0) is 15.5. The molecule has 0 bridgehead atoms. The molecule has 0 atom stereocenters. The number of halogens is 1. The molecule has 22 heavy (non-hydrogen) atoms. The zero-order valence-corrected chi connectivity index (χ0v) is 12.6. The lowest BCUT2D eigenvalue weighted by atomic mass is 10.2. The van der Waals surface area contributed by atoms with Crippen LogP contribution in [0.25, 0.3) is 5.52 Å². The number of rotatable bonds is 4. The molecule has 1 aromatic carbocycles. The van der Waals surface area contributed by atoms with E-state index in [2.05, 4.69) is 4.98 Å². The first-order valence-electron chi connectivity index (χ1n) is 6.61. The number of carbonyl (C=O) groups is 1. The summed E-state index contributed by atoms with van der Waals surface area (Å²) in [5, 5.41) is 0.726. The van der Waals surface area contributed by atoms with E-state index in [1.165, 1.54) is 23.9 Å². The van der Waals surface area contributed by atoms with E-state index < -0.39 is 5.97 Å². The standard InChI is InChI=1S/C16H13FN2O2S/c1-22-16-18-14(13-4-2-3-9-19(13)16)15(20)21-10-11-5-7-12(17)8-6-11/h2-9H,10H2,1H3. The SMILES string of the molecule is CSc1nc(C(=O)OCc2ccc(F)cc2)c2ccccn12. The first-order chi connectivity index (χ1) is 10.7. The number of imidazole rings is 1. The number of hydrogen-bond donors (Lipinski definition) is 0. The van der Waals surface area contributed by atoms with Gasteiger partial charge in [-0.25, -0.2) is 14.2 Å². The van der Waals surface area contributed by atoms with Crippen molar-refractivity contribution in [2.24, 2.45) is 0 Å². The van der Waals surface area contributed by atoms with Crippen molar-refractivity contribution in [1.29, 1.82) is 0 Å². The topological polar surface area (TPSA) is 43.6 Å². The number of thioether (sulfide) groups is 1. The van der Waals surface area contributed by atoms with Gasteiger partial charge in [-0.3, -0.25) is 4.40 Å². The van der Waals surface area contributed by atoms with E-state index in [0.29, 0.717) is 5.52 Å². The Bertz CT molecular complexity index is 815. The van der Waals surface area contributed by atoms with Crippen LogP contribution in [0.4, 0.5) is 4.39 Å². The Labute approximate surface area is 130 Å². The molecule has 112 valence electrons. The minimum absolute atomic E-state index is 0.0829. The Balaban J connectivity index is 1.82. The van der Waals surface area contributed by atoms with Crippen LogP contribution < -0.4 is 0 Å². The van der Waals surface area contributed by atoms with Crippen LogP contribution in [0.2, 0.25) is 0 Å². The summed E-state index contributed by atoms with van der Waals surface area (Å²) in [5.41, 5.74) is 1.71. The molecule has 3 rings (SSSR count). The third kappa shape index (κ3) is 2.82. The van der Waals surface area contributed by atoms with E-state index in [9.17, 15) is 9.18 Å². The first kappa shape index (κ1) is 14.6. The lowest BCUT2D eigenvalue weighted by Gasteiger charge is -2.03. The maximum atomic E-state index is 12.8. The average Bonchev–Trinajstić information content (AvgIpc) is 2.93. The van der Waals surface area contributed by atoms with Crippen molar-refractivity contribution in [3.8, 4) is 0 Å². The molecule has 6 heteroatoms. The minimum Gasteiger partial charge on any atom is -0.456 e. The number of esters is 1. The largest absolute Gasteiger partial charge is 0.456 e. The second kappa shape index (κ2) is 6.19. The maximum Gasteiger partial charge on any atom is 0.359 e. The minimum atomic E-state index is -0.492. The van der Waals surface area contributed by atoms with Gasteiger partial charge in [-0.2, -0.15) is 0 Å². The van der Waals surface area contributed by atoms with Crippen molar-refractivity contribution in [1.82, 2.24) is 9.38 Å². The summed E-state index contributed by atoms with van der Waals surface area (Å²) in [6, 6.07) is 11.4. The van der Waals surface area contributed by atoms with Crippen LogP contribution in [0.15, 0.2) is 53.8 Å². The van der Waals surface area contributed by atoms with Gasteiger partial charge in [0, 0.05) is 6.20 Å². The highest BCUT2D eigenvalue weighted by molar-refractivity contribution is 7.98. The molecular formula is C16H13FN2O2S. The van der Waals surface area contributed by atoms with Crippen LogP contribution in [0.3, 0.4) is 0 Å². The molecule has 0 saturated carbocycles. The smallest absolute Gasteiger partial charge is 0.359 e. The summed E-state index contributed by atoms with van der Waals surface area (Å²) in [5.74, 6) is -0.812. The van der Waals surface area contributed by atoms with E-state index in [4.69, 9.17) is 4.74 Å². The molecule has 0 saturated heterocycles. The monoisotopic (exact) mass is 316 g/mol. The third-order valence-electron chi connectivity index (χ3n) is 3.18. The van der Waals surface area contributed by atoms with Gasteiger partial charge in [0.2, 0.25) is 0 Å². The molecule has 3 aromatic rings. The predicted molar refractivity (Wildman–Crippen MR) is 82.5 cm³/mol. The van der Waals surface area contributed by atoms with E-state index in [1.807, 2.05) is 35.1 Å². The normalized spacial score (nSPS) is 10.8. The van der Waals surface area contributed by atoms with Gasteiger partial charge in [-0.15, -0.1) is 0 Å². The highest BCUT2D eigenvalue weighted by Gasteiger charge is 2.18. The van der Waals surface area contributed by atoms with Crippen molar-refractivity contribution in [3.05, 3.63) is 65.7 Å². The van der Waals surface area contributed by atoms with Gasteiger partial charge in [0.25, 0.3) is 0 Å². The van der Waals surface area contributed by atoms with Crippen LogP contribution in [0, 0.1) is 5.82 Å². The van der Waals surface area contributed by atoms with Crippen molar-refractivity contribution in [2.75, 3.05) is 6.26 Å². The van der Waals surface area contributed by atoms with Gasteiger partial charge in [0.15, 0.2) is 10.9 Å². The van der Waals surface area contributed by atoms with E-state index in [0.717, 1.165) is 10.7 Å². The lowest BCUT2D eigenvalue weighted by molar-refractivity contribution is 0.0468. The molecule has 0 N–H and O–H groups in total. The first-order valence-corrected chi connectivity index (χ1v) is 7.84. The van der Waals surface area contributed by atoms with Crippen LogP contribution in [-0.2, 0) is 11.3 Å². The predicted octanol–water partition coefficient (Wildman–Crippen LogP) is 3.55. The van der Waals surface area contributed by atoms with Gasteiger partial charge < -0.3 is 4.74 Å². The van der Waals surface area contributed by atoms with Crippen molar-refractivity contribution < 1.29 is 13.9 Å². The number of pyridine rings is 1. The Morgan fingerprint density at radius 2 is 2.05 bits per heavy atom. The number of nitrogens with zero attached hydrogens (tertiary/aromatic N) is 2. The number of benzene rings is 1. The number of fused-ring (bicyclic) bond motifs is 1. The summed E-state index contributed by atoms with van der Waals surface area (Å²) in [6.07, 6.45) is 3.75. The molecule has 0 aliphatic carbocycles. The Morgan fingerprint density at radius 3 is 2.77 bits per heavy atom. The highest BCUT2D eigenvalue weighted by atomic mass is 32.2. The van der Waals surface area contributed by atoms with Gasteiger partial charge in [0.1, 0.15) is 12.4 Å². The average molecular weight is 316 g/mol. The molecule has 2 aromatic heterocycles. The quantitative estimate of drug-likeness (QED) is 0.545. The van der Waals surface area contributed by atoms with Gasteiger partial charge in [-0.1, -0.05) is 30.0 Å². The fraction of sp³-hybridized carbons (Fsp3) is 0.125. The molecule has 0 aliphatic heterocycles. The second-order valence-electron chi connectivity index (χ2n) is 4.61. The fourth-order valence-electron chi connectivity index (χ4n) is 2.10. The molecule has 4 nitrogen and oxygen atoms in total. The van der Waals surface area contributed by atoms with Crippen molar-refractivity contribution in [3.63, 3.8) is 0 Å². The fourth-order valence-corrected chi connectivity index (χ4v) is 2.64. The molecule has 0 unspecified atom stereocenters. The molecule has 0 spiro atoms. The zero-order valence-electron chi connectivity index (χ0n) is 11.8. The van der Waals surface area contributed by atoms with Crippen LogP contribution >= 0.6 is 11.8 Å². The molecule has 0 aliphatic rings. The number of hydrogen-bond acceptors (Lipinski definition) is 4. The summed E-state index contributed by atoms with van der Waals surface area (Å²) in [6.45, 7) is 0.0829. The summed E-state index contributed by atoms with van der Waals surface area (Å²) < 4.78 is 20.0. The van der Waals surface area contributed by atoms with Gasteiger partial charge in [0.05, 0.1) is 5.52 Å². The van der Waals surface area contributed by atoms with Gasteiger partial charge >= 0.3 is 5.97 Å². The number of ether oxygens (including phenoxy) is 1. The second-order valence-corrected chi connectivity index (χ2v) is 5.38. The van der Waals surface area contributed by atoms with Crippen molar-refractivity contribution in [2.45, 2.75) is 11.8 Å². The van der Waals surface area contributed by atoms with Crippen molar-refractivity contribution >= 4 is 23.2 Å². The summed E-state index contributed by atoms with van der Waals surface area (Å²) in [7, 11) is 0. The van der Waals surface area contributed by atoms with Crippen LogP contribution in [0.5, 0.6) is 0 Å². The van der Waals surface area contributed by atoms with E-state index in [1.54, 1.807) is 12.1 Å². The highest BCUT2D eigenvalue weighted by Crippen LogP contribution is 2.20. The summed E-state index contributed by atoms with van der Waals surface area (Å²) in [4.78, 5) is 16.6. The Morgan fingerprint density at radius 1 is 1.27 bits per heavy atom. The molecule has 0 amide bonds. The number of carbonyl (C=O) groups excluding carboxylic acids is 1. The third-order valence-corrected chi connectivity index (χ3v) is 3.83. The lowest BCUT2D eigenvalue weighted by Crippen LogP contribution is -2.06. The maximum absolute atomic E-state index is 12.8. The van der Waals surface area contributed by atoms with Crippen LogP contribution in [0.1, 0.15) is 16.1 Å².